The van der Waals surface area contributed by atoms with E-state index in [-0.39, 0.29) is 15.0 Å². The predicted molar refractivity (Wildman–Crippen MR) is 100 cm³/mol. The first-order chi connectivity index (χ1) is 11.9. The van der Waals surface area contributed by atoms with Crippen LogP contribution in [-0.2, 0) is 9.84 Å². The minimum atomic E-state index is -3.60. The van der Waals surface area contributed by atoms with Gasteiger partial charge in [0.15, 0.2) is 0 Å². The zero-order valence-corrected chi connectivity index (χ0v) is 15.4. The number of amides is 1. The highest BCUT2D eigenvalue weighted by Crippen LogP contribution is 2.28. The van der Waals surface area contributed by atoms with Gasteiger partial charge in [-0.25, -0.2) is 8.42 Å². The summed E-state index contributed by atoms with van der Waals surface area (Å²) in [7, 11) is -3.60. The maximum absolute atomic E-state index is 12.6. The van der Waals surface area contributed by atoms with Crippen LogP contribution in [0.3, 0.4) is 0 Å². The minimum absolute atomic E-state index is 0.156. The molecule has 0 spiro atoms. The van der Waals surface area contributed by atoms with Crippen molar-refractivity contribution in [3.05, 3.63) is 76.7 Å². The maximum atomic E-state index is 12.6. The fraction of sp³-hybridized carbons (Fsp3) is 0.105. The molecular formula is C19H17NO3S2. The van der Waals surface area contributed by atoms with Crippen molar-refractivity contribution < 1.29 is 13.2 Å². The zero-order chi connectivity index (χ0) is 18.0. The molecule has 0 saturated heterocycles. The number of hydrogen-bond acceptors (Lipinski definition) is 4. The molecule has 1 aromatic heterocycles. The minimum Gasteiger partial charge on any atom is -0.321 e. The molecule has 0 fully saturated rings. The molecule has 1 amide bonds. The van der Waals surface area contributed by atoms with Gasteiger partial charge in [-0.3, -0.25) is 4.79 Å². The van der Waals surface area contributed by atoms with Crippen LogP contribution >= 0.6 is 11.3 Å². The van der Waals surface area contributed by atoms with Crippen LogP contribution in [0.2, 0.25) is 0 Å². The van der Waals surface area contributed by atoms with Crippen LogP contribution in [0.5, 0.6) is 0 Å². The third-order valence-electron chi connectivity index (χ3n) is 3.89. The Labute approximate surface area is 151 Å². The summed E-state index contributed by atoms with van der Waals surface area (Å²) >= 11 is 0.969. The first-order valence-corrected chi connectivity index (χ1v) is 9.96. The summed E-state index contributed by atoms with van der Waals surface area (Å²) in [6.45, 7) is 3.97. The average Bonchev–Trinajstić information content (AvgIpc) is 3.10. The molecule has 0 aliphatic heterocycles. The van der Waals surface area contributed by atoms with Gasteiger partial charge < -0.3 is 5.32 Å². The van der Waals surface area contributed by atoms with E-state index in [0.717, 1.165) is 22.5 Å². The van der Waals surface area contributed by atoms with E-state index in [0.29, 0.717) is 10.6 Å². The van der Waals surface area contributed by atoms with Gasteiger partial charge in [0.2, 0.25) is 9.84 Å². The Bertz CT molecular complexity index is 1020. The third kappa shape index (κ3) is 3.65. The molecule has 1 N–H and O–H groups in total. The molecule has 0 unspecified atom stereocenters. The summed E-state index contributed by atoms with van der Waals surface area (Å²) in [4.78, 5) is 13.0. The van der Waals surface area contributed by atoms with E-state index in [4.69, 9.17) is 0 Å². The van der Waals surface area contributed by atoms with Gasteiger partial charge in [-0.15, -0.1) is 11.3 Å². The van der Waals surface area contributed by atoms with Crippen LogP contribution in [0, 0.1) is 13.8 Å². The Morgan fingerprint density at radius 3 is 2.32 bits per heavy atom. The number of hydrogen-bond donors (Lipinski definition) is 1. The fourth-order valence-electron chi connectivity index (χ4n) is 2.31. The molecule has 0 aliphatic rings. The number of carbonyl (C=O) groups excluding carboxylic acids is 1. The smallest absolute Gasteiger partial charge is 0.265 e. The molecule has 3 aromatic rings. The lowest BCUT2D eigenvalue weighted by Gasteiger charge is -2.06. The van der Waals surface area contributed by atoms with Crippen LogP contribution in [-0.4, -0.2) is 14.3 Å². The Morgan fingerprint density at radius 2 is 1.64 bits per heavy atom. The second-order valence-electron chi connectivity index (χ2n) is 5.69. The summed E-state index contributed by atoms with van der Waals surface area (Å²) in [5, 5.41) is 2.81. The summed E-state index contributed by atoms with van der Waals surface area (Å²) in [6, 6.07) is 16.9. The number of benzene rings is 2. The lowest BCUT2D eigenvalue weighted by atomic mass is 10.1. The van der Waals surface area contributed by atoms with Crippen molar-refractivity contribution in [1.29, 1.82) is 0 Å². The van der Waals surface area contributed by atoms with Crippen molar-refractivity contribution in [2.75, 3.05) is 5.32 Å². The lowest BCUT2D eigenvalue weighted by Crippen LogP contribution is -2.10. The molecule has 0 bridgehead atoms. The standard InChI is InChI=1S/C19H17NO3S2/c1-13-8-9-15(12-14(13)2)20-19(21)17-10-11-18(24-17)25(22,23)16-6-4-3-5-7-16/h3-12H,1-2H3,(H,20,21). The number of sulfone groups is 1. The van der Waals surface area contributed by atoms with Gasteiger partial charge >= 0.3 is 0 Å². The number of thiophene rings is 1. The van der Waals surface area contributed by atoms with Gasteiger partial charge in [0.1, 0.15) is 4.21 Å². The average molecular weight is 371 g/mol. The molecule has 128 valence electrons. The number of nitrogens with one attached hydrogen (secondary N) is 1. The summed E-state index contributed by atoms with van der Waals surface area (Å²) in [5.74, 6) is -0.317. The van der Waals surface area contributed by atoms with E-state index in [9.17, 15) is 13.2 Å². The Balaban J connectivity index is 1.83. The Morgan fingerprint density at radius 1 is 0.920 bits per heavy atom. The third-order valence-corrected chi connectivity index (χ3v) is 7.23. The van der Waals surface area contributed by atoms with Gasteiger partial charge in [0.25, 0.3) is 5.91 Å². The summed E-state index contributed by atoms with van der Waals surface area (Å²) in [6.07, 6.45) is 0. The second kappa shape index (κ2) is 6.82. The van der Waals surface area contributed by atoms with E-state index in [1.54, 1.807) is 30.3 Å². The van der Waals surface area contributed by atoms with Gasteiger partial charge in [-0.05, 0) is 61.4 Å². The van der Waals surface area contributed by atoms with E-state index in [2.05, 4.69) is 5.32 Å². The molecule has 0 aliphatic carbocycles. The summed E-state index contributed by atoms with van der Waals surface area (Å²) < 4.78 is 25.3. The monoisotopic (exact) mass is 371 g/mol. The highest BCUT2D eigenvalue weighted by Gasteiger charge is 2.21. The largest absolute Gasteiger partial charge is 0.321 e. The van der Waals surface area contributed by atoms with Gasteiger partial charge in [0, 0.05) is 5.69 Å². The van der Waals surface area contributed by atoms with Gasteiger partial charge in [-0.2, -0.15) is 0 Å². The van der Waals surface area contributed by atoms with Crippen molar-refractivity contribution >= 4 is 32.8 Å². The molecule has 25 heavy (non-hydrogen) atoms. The molecule has 0 atom stereocenters. The van der Waals surface area contributed by atoms with Crippen LogP contribution in [0.25, 0.3) is 0 Å². The number of rotatable bonds is 4. The molecule has 0 radical (unpaired) electrons. The molecule has 3 rings (SSSR count). The van der Waals surface area contributed by atoms with Crippen LogP contribution < -0.4 is 5.32 Å². The van der Waals surface area contributed by atoms with Gasteiger partial charge in [0.05, 0.1) is 9.77 Å². The first-order valence-electron chi connectivity index (χ1n) is 7.66. The van der Waals surface area contributed by atoms with Crippen molar-refractivity contribution in [3.8, 4) is 0 Å². The number of carbonyl (C=O) groups is 1. The highest BCUT2D eigenvalue weighted by molar-refractivity contribution is 7.93. The van der Waals surface area contributed by atoms with Crippen LogP contribution in [0.1, 0.15) is 20.8 Å². The van der Waals surface area contributed by atoms with E-state index < -0.39 is 9.84 Å². The molecule has 2 aromatic carbocycles. The fourth-order valence-corrected chi connectivity index (χ4v) is 4.94. The van der Waals surface area contributed by atoms with Gasteiger partial charge in [-0.1, -0.05) is 24.3 Å². The SMILES string of the molecule is Cc1ccc(NC(=O)c2ccc(S(=O)(=O)c3ccccc3)s2)cc1C. The van der Waals surface area contributed by atoms with E-state index in [1.165, 1.54) is 12.1 Å². The van der Waals surface area contributed by atoms with E-state index >= 15 is 0 Å². The number of anilines is 1. The Kier molecular flexibility index (Phi) is 4.74. The first kappa shape index (κ1) is 17.4. The molecule has 4 nitrogen and oxygen atoms in total. The number of aryl methyl sites for hydroxylation is 2. The molecule has 0 saturated carbocycles. The zero-order valence-electron chi connectivity index (χ0n) is 13.8. The lowest BCUT2D eigenvalue weighted by molar-refractivity contribution is 0.103. The highest BCUT2D eigenvalue weighted by atomic mass is 32.2. The molecular weight excluding hydrogens is 354 g/mol. The second-order valence-corrected chi connectivity index (χ2v) is 8.95. The van der Waals surface area contributed by atoms with Crippen molar-refractivity contribution in [2.24, 2.45) is 0 Å². The summed E-state index contributed by atoms with van der Waals surface area (Å²) in [5.41, 5.74) is 2.91. The quantitative estimate of drug-likeness (QED) is 0.737. The normalized spacial score (nSPS) is 11.3. The molecule has 1 heterocycles. The van der Waals surface area contributed by atoms with Crippen LogP contribution in [0.15, 0.2) is 69.8 Å². The van der Waals surface area contributed by atoms with Crippen molar-refractivity contribution in [1.82, 2.24) is 0 Å². The topological polar surface area (TPSA) is 63.2 Å². The Hall–Kier alpha value is -2.44. The van der Waals surface area contributed by atoms with Crippen molar-refractivity contribution in [3.63, 3.8) is 0 Å². The van der Waals surface area contributed by atoms with E-state index in [1.807, 2.05) is 32.0 Å². The van der Waals surface area contributed by atoms with Crippen LogP contribution in [0.4, 0.5) is 5.69 Å². The molecule has 6 heteroatoms. The maximum Gasteiger partial charge on any atom is 0.265 e. The predicted octanol–water partition coefficient (Wildman–Crippen LogP) is 4.45. The van der Waals surface area contributed by atoms with Crippen molar-refractivity contribution in [2.45, 2.75) is 23.0 Å².